The summed E-state index contributed by atoms with van der Waals surface area (Å²) >= 11 is 0. The molecule has 0 aromatic heterocycles. The predicted octanol–water partition coefficient (Wildman–Crippen LogP) is 3.62. The number of carbonyl (C=O) groups excluding carboxylic acids is 1. The maximum absolute atomic E-state index is 11.2. The van der Waals surface area contributed by atoms with Gasteiger partial charge in [-0.25, -0.2) is 0 Å². The maximum atomic E-state index is 11.2. The lowest BCUT2D eigenvalue weighted by Gasteiger charge is -2.17. The Balaban J connectivity index is 2.50. The average molecular weight is 277 g/mol. The highest BCUT2D eigenvalue weighted by Crippen LogP contribution is 2.22. The Kier molecular flexibility index (Phi) is 7.31. The minimum Gasteiger partial charge on any atom is -0.469 e. The molecule has 112 valence electrons. The van der Waals surface area contributed by atoms with Gasteiger partial charge >= 0.3 is 5.97 Å². The van der Waals surface area contributed by atoms with E-state index in [1.54, 1.807) is 0 Å². The maximum Gasteiger partial charge on any atom is 0.305 e. The van der Waals surface area contributed by atoms with Crippen LogP contribution in [0.5, 0.6) is 0 Å². The fraction of sp³-hybridized carbons (Fsp3) is 0.588. The van der Waals surface area contributed by atoms with E-state index in [0.717, 1.165) is 18.4 Å². The highest BCUT2D eigenvalue weighted by Gasteiger charge is 2.14. The van der Waals surface area contributed by atoms with Crippen molar-refractivity contribution in [1.29, 1.82) is 0 Å². The lowest BCUT2D eigenvalue weighted by molar-refractivity contribution is -0.141. The van der Waals surface area contributed by atoms with Crippen LogP contribution in [-0.4, -0.2) is 13.1 Å². The molecule has 0 fully saturated rings. The Bertz CT molecular complexity index is 400. The summed E-state index contributed by atoms with van der Waals surface area (Å²) < 4.78 is 4.68. The standard InChI is InChI=1S/C17H27NO2/c1-4-5-6-14-7-9-15(10-8-14)16(18)11-13(2)12-17(19)20-3/h7-10,13,16H,4-6,11-12,18H2,1-3H3. The summed E-state index contributed by atoms with van der Waals surface area (Å²) in [5, 5.41) is 0. The van der Waals surface area contributed by atoms with Gasteiger partial charge in [0.05, 0.1) is 7.11 Å². The van der Waals surface area contributed by atoms with Crippen LogP contribution in [0.25, 0.3) is 0 Å². The zero-order valence-corrected chi connectivity index (χ0v) is 12.9. The quantitative estimate of drug-likeness (QED) is 0.738. The number of benzene rings is 1. The van der Waals surface area contributed by atoms with Crippen molar-refractivity contribution in [3.05, 3.63) is 35.4 Å². The summed E-state index contributed by atoms with van der Waals surface area (Å²) in [6, 6.07) is 8.53. The Morgan fingerprint density at radius 1 is 1.30 bits per heavy atom. The summed E-state index contributed by atoms with van der Waals surface area (Å²) in [6.45, 7) is 4.24. The predicted molar refractivity (Wildman–Crippen MR) is 82.4 cm³/mol. The number of esters is 1. The molecule has 0 saturated carbocycles. The highest BCUT2D eigenvalue weighted by atomic mass is 16.5. The first-order valence-corrected chi connectivity index (χ1v) is 7.48. The fourth-order valence-corrected chi connectivity index (χ4v) is 2.33. The first-order chi connectivity index (χ1) is 9.56. The topological polar surface area (TPSA) is 52.3 Å². The number of ether oxygens (including phenoxy) is 1. The Labute approximate surface area is 122 Å². The molecule has 0 aliphatic carbocycles. The van der Waals surface area contributed by atoms with E-state index in [0.29, 0.717) is 6.42 Å². The fourth-order valence-electron chi connectivity index (χ4n) is 2.33. The van der Waals surface area contributed by atoms with E-state index < -0.39 is 0 Å². The number of rotatable bonds is 8. The molecule has 2 N–H and O–H groups in total. The van der Waals surface area contributed by atoms with Gasteiger partial charge in [-0.15, -0.1) is 0 Å². The normalized spacial score (nSPS) is 13.8. The van der Waals surface area contributed by atoms with Crippen molar-refractivity contribution >= 4 is 5.97 Å². The number of hydrogen-bond donors (Lipinski definition) is 1. The number of methoxy groups -OCH3 is 1. The van der Waals surface area contributed by atoms with E-state index in [4.69, 9.17) is 5.73 Å². The number of hydrogen-bond acceptors (Lipinski definition) is 3. The third kappa shape index (κ3) is 5.74. The summed E-state index contributed by atoms with van der Waals surface area (Å²) in [4.78, 5) is 11.2. The minimum absolute atomic E-state index is 0.0186. The van der Waals surface area contributed by atoms with E-state index in [1.807, 2.05) is 6.92 Å². The van der Waals surface area contributed by atoms with Crippen molar-refractivity contribution in [2.45, 2.75) is 52.0 Å². The number of carbonyl (C=O) groups is 1. The van der Waals surface area contributed by atoms with Crippen molar-refractivity contribution in [3.63, 3.8) is 0 Å². The van der Waals surface area contributed by atoms with Crippen LogP contribution in [0.3, 0.4) is 0 Å². The number of unbranched alkanes of at least 4 members (excludes halogenated alkanes) is 1. The van der Waals surface area contributed by atoms with Crippen molar-refractivity contribution in [3.8, 4) is 0 Å². The van der Waals surface area contributed by atoms with Gasteiger partial charge in [0.2, 0.25) is 0 Å². The highest BCUT2D eigenvalue weighted by molar-refractivity contribution is 5.69. The number of aryl methyl sites for hydroxylation is 1. The van der Waals surface area contributed by atoms with Crippen LogP contribution in [0.4, 0.5) is 0 Å². The molecular weight excluding hydrogens is 250 g/mol. The van der Waals surface area contributed by atoms with E-state index in [2.05, 4.69) is 35.9 Å². The summed E-state index contributed by atoms with van der Waals surface area (Å²) in [5.41, 5.74) is 8.72. The third-order valence-corrected chi connectivity index (χ3v) is 3.63. The van der Waals surface area contributed by atoms with E-state index in [9.17, 15) is 4.79 Å². The van der Waals surface area contributed by atoms with Gasteiger partial charge < -0.3 is 10.5 Å². The molecule has 0 spiro atoms. The molecule has 1 aromatic rings. The van der Waals surface area contributed by atoms with Crippen LogP contribution in [-0.2, 0) is 16.0 Å². The summed E-state index contributed by atoms with van der Waals surface area (Å²) in [7, 11) is 1.42. The monoisotopic (exact) mass is 277 g/mol. The van der Waals surface area contributed by atoms with Gasteiger partial charge in [0.1, 0.15) is 0 Å². The van der Waals surface area contributed by atoms with Crippen LogP contribution >= 0.6 is 0 Å². The van der Waals surface area contributed by atoms with Crippen LogP contribution in [0.2, 0.25) is 0 Å². The molecular formula is C17H27NO2. The zero-order chi connectivity index (χ0) is 15.0. The number of nitrogens with two attached hydrogens (primary N) is 1. The van der Waals surface area contributed by atoms with Gasteiger partial charge in [-0.1, -0.05) is 44.5 Å². The lowest BCUT2D eigenvalue weighted by atomic mass is 9.93. The van der Waals surface area contributed by atoms with Gasteiger partial charge in [-0.2, -0.15) is 0 Å². The molecule has 20 heavy (non-hydrogen) atoms. The van der Waals surface area contributed by atoms with Crippen molar-refractivity contribution in [2.24, 2.45) is 11.7 Å². The SMILES string of the molecule is CCCCc1ccc(C(N)CC(C)CC(=O)OC)cc1. The average Bonchev–Trinajstić information content (AvgIpc) is 2.45. The van der Waals surface area contributed by atoms with Crippen LogP contribution in [0, 0.1) is 5.92 Å². The molecule has 0 saturated heterocycles. The Morgan fingerprint density at radius 2 is 1.95 bits per heavy atom. The molecule has 3 heteroatoms. The van der Waals surface area contributed by atoms with Gasteiger partial charge in [0.25, 0.3) is 0 Å². The molecule has 2 atom stereocenters. The Morgan fingerprint density at radius 3 is 2.50 bits per heavy atom. The first-order valence-electron chi connectivity index (χ1n) is 7.48. The molecule has 3 nitrogen and oxygen atoms in total. The van der Waals surface area contributed by atoms with Crippen LogP contribution in [0.1, 0.15) is 56.7 Å². The molecule has 0 aliphatic heterocycles. The second-order valence-electron chi connectivity index (χ2n) is 5.57. The van der Waals surface area contributed by atoms with Crippen LogP contribution < -0.4 is 5.73 Å². The minimum atomic E-state index is -0.167. The van der Waals surface area contributed by atoms with Crippen molar-refractivity contribution < 1.29 is 9.53 Å². The van der Waals surface area contributed by atoms with Crippen molar-refractivity contribution in [1.82, 2.24) is 0 Å². The molecule has 2 unspecified atom stereocenters. The third-order valence-electron chi connectivity index (χ3n) is 3.63. The summed E-state index contributed by atoms with van der Waals surface area (Å²) in [5.74, 6) is 0.0665. The van der Waals surface area contributed by atoms with Gasteiger partial charge in [0, 0.05) is 12.5 Å². The molecule has 1 aromatic carbocycles. The first kappa shape index (κ1) is 16.7. The van der Waals surface area contributed by atoms with Crippen LogP contribution in [0.15, 0.2) is 24.3 Å². The Hall–Kier alpha value is -1.35. The zero-order valence-electron chi connectivity index (χ0n) is 12.9. The smallest absolute Gasteiger partial charge is 0.305 e. The second-order valence-corrected chi connectivity index (χ2v) is 5.57. The molecule has 0 bridgehead atoms. The van der Waals surface area contributed by atoms with E-state index in [1.165, 1.54) is 25.5 Å². The molecule has 0 amide bonds. The van der Waals surface area contributed by atoms with Gasteiger partial charge in [-0.3, -0.25) is 4.79 Å². The van der Waals surface area contributed by atoms with E-state index >= 15 is 0 Å². The van der Waals surface area contributed by atoms with Gasteiger partial charge in [0.15, 0.2) is 0 Å². The van der Waals surface area contributed by atoms with Gasteiger partial charge in [-0.05, 0) is 36.3 Å². The van der Waals surface area contributed by atoms with Crippen molar-refractivity contribution in [2.75, 3.05) is 7.11 Å². The summed E-state index contributed by atoms with van der Waals surface area (Å²) in [6.07, 6.45) is 4.79. The molecule has 0 heterocycles. The van der Waals surface area contributed by atoms with E-state index in [-0.39, 0.29) is 17.9 Å². The lowest BCUT2D eigenvalue weighted by Crippen LogP contribution is -2.16. The molecule has 0 radical (unpaired) electrons. The molecule has 1 rings (SSSR count). The largest absolute Gasteiger partial charge is 0.469 e. The second kappa shape index (κ2) is 8.75. The molecule has 0 aliphatic rings.